The molecule has 1 unspecified atom stereocenters. The molecular formula is C16H25NO. The van der Waals surface area contributed by atoms with Crippen molar-refractivity contribution >= 4 is 0 Å². The van der Waals surface area contributed by atoms with Gasteiger partial charge in [-0.15, -0.1) is 0 Å². The first-order valence-corrected chi connectivity index (χ1v) is 7.17. The van der Waals surface area contributed by atoms with Gasteiger partial charge in [-0.2, -0.15) is 0 Å². The second-order valence-corrected chi connectivity index (χ2v) is 5.63. The Kier molecular flexibility index (Phi) is 4.41. The first-order chi connectivity index (χ1) is 8.63. The maximum absolute atomic E-state index is 10.5. The van der Waals surface area contributed by atoms with E-state index in [0.29, 0.717) is 0 Å². The predicted molar refractivity (Wildman–Crippen MR) is 75.8 cm³/mol. The summed E-state index contributed by atoms with van der Waals surface area (Å²) in [6.07, 6.45) is 4.78. The van der Waals surface area contributed by atoms with Crippen molar-refractivity contribution in [2.45, 2.75) is 51.0 Å². The molecule has 1 saturated carbocycles. The van der Waals surface area contributed by atoms with E-state index in [1.807, 2.05) is 6.92 Å². The maximum atomic E-state index is 10.5. The Labute approximate surface area is 110 Å². The van der Waals surface area contributed by atoms with Crippen molar-refractivity contribution in [1.29, 1.82) is 0 Å². The summed E-state index contributed by atoms with van der Waals surface area (Å²) in [6.45, 7) is 5.80. The zero-order valence-electron chi connectivity index (χ0n) is 11.6. The van der Waals surface area contributed by atoms with Gasteiger partial charge in [-0.05, 0) is 56.3 Å². The summed E-state index contributed by atoms with van der Waals surface area (Å²) in [7, 11) is 0. The van der Waals surface area contributed by atoms with Gasteiger partial charge in [0.25, 0.3) is 0 Å². The third kappa shape index (κ3) is 3.12. The van der Waals surface area contributed by atoms with Gasteiger partial charge in [-0.25, -0.2) is 0 Å². The Balaban J connectivity index is 1.98. The first kappa shape index (κ1) is 13.6. The van der Waals surface area contributed by atoms with Crippen molar-refractivity contribution in [2.75, 3.05) is 13.1 Å². The summed E-state index contributed by atoms with van der Waals surface area (Å²) in [4.78, 5) is 0. The molecule has 0 saturated heterocycles. The zero-order valence-corrected chi connectivity index (χ0v) is 11.6. The highest BCUT2D eigenvalue weighted by molar-refractivity contribution is 5.29. The lowest BCUT2D eigenvalue weighted by Crippen LogP contribution is -2.27. The minimum atomic E-state index is -0.722. The van der Waals surface area contributed by atoms with Crippen LogP contribution in [-0.2, 0) is 5.60 Å². The van der Waals surface area contributed by atoms with Gasteiger partial charge in [0, 0.05) is 0 Å². The molecule has 0 amide bonds. The van der Waals surface area contributed by atoms with E-state index in [1.54, 1.807) is 0 Å². The Bertz CT molecular complexity index is 365. The number of hydrogen-bond acceptors (Lipinski definition) is 2. The van der Waals surface area contributed by atoms with Gasteiger partial charge in [-0.1, -0.05) is 37.6 Å². The van der Waals surface area contributed by atoms with Crippen molar-refractivity contribution < 1.29 is 5.11 Å². The monoisotopic (exact) mass is 247 g/mol. The fourth-order valence-corrected chi connectivity index (χ4v) is 2.51. The van der Waals surface area contributed by atoms with Crippen LogP contribution in [0.15, 0.2) is 24.3 Å². The molecule has 2 nitrogen and oxygen atoms in total. The van der Waals surface area contributed by atoms with E-state index in [1.165, 1.54) is 24.8 Å². The van der Waals surface area contributed by atoms with Crippen molar-refractivity contribution in [1.82, 2.24) is 5.32 Å². The van der Waals surface area contributed by atoms with E-state index in [2.05, 4.69) is 36.5 Å². The molecular weight excluding hydrogens is 222 g/mol. The lowest BCUT2D eigenvalue weighted by Gasteiger charge is -2.28. The highest BCUT2D eigenvalue weighted by Crippen LogP contribution is 2.37. The topological polar surface area (TPSA) is 32.3 Å². The average Bonchev–Trinajstić information content (AvgIpc) is 2.28. The summed E-state index contributed by atoms with van der Waals surface area (Å²) in [5, 5.41) is 13.7. The summed E-state index contributed by atoms with van der Waals surface area (Å²) in [5.41, 5.74) is 1.75. The van der Waals surface area contributed by atoms with E-state index < -0.39 is 5.60 Å². The highest BCUT2D eigenvalue weighted by atomic mass is 16.3. The Morgan fingerprint density at radius 3 is 2.44 bits per heavy atom. The van der Waals surface area contributed by atoms with Gasteiger partial charge < -0.3 is 10.4 Å². The van der Waals surface area contributed by atoms with E-state index >= 15 is 0 Å². The quantitative estimate of drug-likeness (QED) is 0.757. The molecule has 1 fully saturated rings. The van der Waals surface area contributed by atoms with Crippen LogP contribution in [0.5, 0.6) is 0 Å². The number of nitrogens with one attached hydrogen (secondary N) is 1. The van der Waals surface area contributed by atoms with E-state index in [9.17, 15) is 5.11 Å². The first-order valence-electron chi connectivity index (χ1n) is 7.17. The molecule has 2 N–H and O–H groups in total. The smallest absolute Gasteiger partial charge is 0.0880 e. The van der Waals surface area contributed by atoms with E-state index in [4.69, 9.17) is 0 Å². The summed E-state index contributed by atoms with van der Waals surface area (Å²) in [5.74, 6) is 0.769. The Morgan fingerprint density at radius 1 is 1.28 bits per heavy atom. The molecule has 1 aliphatic carbocycles. The number of rotatable bonds is 6. The summed E-state index contributed by atoms with van der Waals surface area (Å²) >= 11 is 0. The average molecular weight is 247 g/mol. The lowest BCUT2D eigenvalue weighted by molar-refractivity contribution is 0.0481. The molecule has 100 valence electrons. The summed E-state index contributed by atoms with van der Waals surface area (Å²) < 4.78 is 0. The third-order valence-corrected chi connectivity index (χ3v) is 4.15. The standard InChI is InChI=1S/C16H25NO/c1-3-17-12-11-16(2,18)15-9-7-14(8-10-15)13-5-4-6-13/h7-10,13,17-18H,3-6,11-12H2,1-2H3. The molecule has 0 spiro atoms. The van der Waals surface area contributed by atoms with Crippen LogP contribution in [0.4, 0.5) is 0 Å². The fraction of sp³-hybridized carbons (Fsp3) is 0.625. The van der Waals surface area contributed by atoms with Crippen LogP contribution in [0.25, 0.3) is 0 Å². The largest absolute Gasteiger partial charge is 0.385 e. The lowest BCUT2D eigenvalue weighted by atomic mass is 9.79. The van der Waals surface area contributed by atoms with Crippen molar-refractivity contribution in [3.8, 4) is 0 Å². The van der Waals surface area contributed by atoms with E-state index in [-0.39, 0.29) is 0 Å². The summed E-state index contributed by atoms with van der Waals surface area (Å²) in [6, 6.07) is 8.58. The van der Waals surface area contributed by atoms with Gasteiger partial charge in [-0.3, -0.25) is 0 Å². The van der Waals surface area contributed by atoms with Crippen molar-refractivity contribution in [2.24, 2.45) is 0 Å². The number of aliphatic hydroxyl groups is 1. The molecule has 1 atom stereocenters. The molecule has 18 heavy (non-hydrogen) atoms. The van der Waals surface area contributed by atoms with Crippen LogP contribution in [-0.4, -0.2) is 18.2 Å². The minimum Gasteiger partial charge on any atom is -0.385 e. The van der Waals surface area contributed by atoms with Gasteiger partial charge in [0.2, 0.25) is 0 Å². The molecule has 1 aromatic rings. The molecule has 0 radical (unpaired) electrons. The predicted octanol–water partition coefficient (Wildman–Crippen LogP) is 3.16. The Morgan fingerprint density at radius 2 is 1.94 bits per heavy atom. The van der Waals surface area contributed by atoms with Gasteiger partial charge in [0.05, 0.1) is 5.60 Å². The van der Waals surface area contributed by atoms with Crippen LogP contribution >= 0.6 is 0 Å². The van der Waals surface area contributed by atoms with Crippen LogP contribution in [0, 0.1) is 0 Å². The molecule has 2 rings (SSSR count). The highest BCUT2D eigenvalue weighted by Gasteiger charge is 2.24. The van der Waals surface area contributed by atoms with Crippen molar-refractivity contribution in [3.05, 3.63) is 35.4 Å². The molecule has 0 aliphatic heterocycles. The van der Waals surface area contributed by atoms with Crippen LogP contribution in [0.1, 0.15) is 56.6 Å². The van der Waals surface area contributed by atoms with E-state index in [0.717, 1.165) is 31.0 Å². The number of benzene rings is 1. The second-order valence-electron chi connectivity index (χ2n) is 5.63. The third-order valence-electron chi connectivity index (χ3n) is 4.15. The maximum Gasteiger partial charge on any atom is 0.0880 e. The number of hydrogen-bond donors (Lipinski definition) is 2. The van der Waals surface area contributed by atoms with Gasteiger partial charge in [0.15, 0.2) is 0 Å². The van der Waals surface area contributed by atoms with Crippen molar-refractivity contribution in [3.63, 3.8) is 0 Å². The molecule has 0 heterocycles. The SMILES string of the molecule is CCNCCC(C)(O)c1ccc(C2CCC2)cc1. The molecule has 0 aromatic heterocycles. The molecule has 2 heteroatoms. The molecule has 1 aliphatic rings. The zero-order chi connectivity index (χ0) is 13.0. The van der Waals surface area contributed by atoms with Crippen LogP contribution in [0.2, 0.25) is 0 Å². The van der Waals surface area contributed by atoms with Crippen LogP contribution in [0.3, 0.4) is 0 Å². The normalized spacial score (nSPS) is 19.3. The molecule has 1 aromatic carbocycles. The second kappa shape index (κ2) is 5.85. The molecule has 0 bridgehead atoms. The van der Waals surface area contributed by atoms with Gasteiger partial charge >= 0.3 is 0 Å². The van der Waals surface area contributed by atoms with Gasteiger partial charge in [0.1, 0.15) is 0 Å². The minimum absolute atomic E-state index is 0.722. The fourth-order valence-electron chi connectivity index (χ4n) is 2.51. The van der Waals surface area contributed by atoms with Crippen LogP contribution < -0.4 is 5.32 Å². The Hall–Kier alpha value is -0.860.